The van der Waals surface area contributed by atoms with Crippen molar-refractivity contribution < 1.29 is 14.3 Å². The third kappa shape index (κ3) is 6.24. The summed E-state index contributed by atoms with van der Waals surface area (Å²) in [5.74, 6) is 0.587. The summed E-state index contributed by atoms with van der Waals surface area (Å²) in [6, 6.07) is 5.90. The number of aryl methyl sites for hydroxylation is 1. The molecular formula is C21H33N3O3. The highest BCUT2D eigenvalue weighted by molar-refractivity contribution is 5.98. The molecule has 27 heavy (non-hydrogen) atoms. The maximum Gasteiger partial charge on any atom is 0.265 e. The van der Waals surface area contributed by atoms with E-state index in [0.29, 0.717) is 18.7 Å². The van der Waals surface area contributed by atoms with Crippen LogP contribution in [-0.2, 0) is 9.59 Å². The molecule has 1 aromatic rings. The van der Waals surface area contributed by atoms with E-state index in [4.69, 9.17) is 4.74 Å². The maximum atomic E-state index is 12.3. The van der Waals surface area contributed by atoms with Gasteiger partial charge in [-0.1, -0.05) is 19.9 Å². The van der Waals surface area contributed by atoms with Crippen molar-refractivity contribution in [2.24, 2.45) is 0 Å². The van der Waals surface area contributed by atoms with Crippen LogP contribution >= 0.6 is 0 Å². The zero-order valence-corrected chi connectivity index (χ0v) is 17.1. The molecule has 0 saturated carbocycles. The predicted octanol–water partition coefficient (Wildman–Crippen LogP) is 2.74. The van der Waals surface area contributed by atoms with E-state index in [-0.39, 0.29) is 24.5 Å². The van der Waals surface area contributed by atoms with Gasteiger partial charge in [0.05, 0.1) is 5.69 Å². The Bertz CT molecular complexity index is 644. The van der Waals surface area contributed by atoms with Gasteiger partial charge in [-0.05, 0) is 64.0 Å². The van der Waals surface area contributed by atoms with Gasteiger partial charge in [-0.25, -0.2) is 0 Å². The van der Waals surface area contributed by atoms with E-state index < -0.39 is 0 Å². The molecule has 1 unspecified atom stereocenters. The highest BCUT2D eigenvalue weighted by atomic mass is 16.5. The second-order valence-corrected chi connectivity index (χ2v) is 7.19. The molecule has 150 valence electrons. The Kier molecular flexibility index (Phi) is 8.10. The predicted molar refractivity (Wildman–Crippen MR) is 108 cm³/mol. The quantitative estimate of drug-likeness (QED) is 0.683. The molecule has 0 saturated heterocycles. The Hall–Kier alpha value is -2.08. The van der Waals surface area contributed by atoms with Crippen LogP contribution in [-0.4, -0.2) is 55.5 Å². The summed E-state index contributed by atoms with van der Waals surface area (Å²) in [6.07, 6.45) is 2.32. The SMILES string of the molecule is CCN(CC)CCCC(C)NC(=O)CCN1C(=O)COc2cc(C)ccc21. The topological polar surface area (TPSA) is 61.9 Å². The highest BCUT2D eigenvalue weighted by Gasteiger charge is 2.25. The second-order valence-electron chi connectivity index (χ2n) is 7.19. The zero-order valence-electron chi connectivity index (χ0n) is 17.1. The van der Waals surface area contributed by atoms with Gasteiger partial charge in [0, 0.05) is 19.0 Å². The molecule has 6 nitrogen and oxygen atoms in total. The normalized spacial score (nSPS) is 14.7. The molecule has 0 fully saturated rings. The fourth-order valence-corrected chi connectivity index (χ4v) is 3.35. The van der Waals surface area contributed by atoms with Crippen LogP contribution in [0.1, 0.15) is 45.6 Å². The van der Waals surface area contributed by atoms with Crippen LogP contribution in [0.5, 0.6) is 5.75 Å². The number of nitrogens with zero attached hydrogens (tertiary/aromatic N) is 2. The summed E-state index contributed by atoms with van der Waals surface area (Å²) in [5, 5.41) is 3.05. The van der Waals surface area contributed by atoms with E-state index in [2.05, 4.69) is 24.1 Å². The van der Waals surface area contributed by atoms with Crippen molar-refractivity contribution in [2.75, 3.05) is 37.7 Å². The minimum absolute atomic E-state index is 0.0155. The summed E-state index contributed by atoms with van der Waals surface area (Å²) < 4.78 is 5.50. The highest BCUT2D eigenvalue weighted by Crippen LogP contribution is 2.32. The van der Waals surface area contributed by atoms with Crippen LogP contribution in [0.25, 0.3) is 0 Å². The van der Waals surface area contributed by atoms with E-state index in [1.807, 2.05) is 32.0 Å². The number of rotatable bonds is 10. The third-order valence-corrected chi connectivity index (χ3v) is 5.03. The average Bonchev–Trinajstić information content (AvgIpc) is 2.64. The minimum atomic E-state index is -0.105. The monoisotopic (exact) mass is 375 g/mol. The van der Waals surface area contributed by atoms with Crippen molar-refractivity contribution in [3.63, 3.8) is 0 Å². The molecule has 1 aliphatic rings. The van der Waals surface area contributed by atoms with Crippen LogP contribution in [0.4, 0.5) is 5.69 Å². The van der Waals surface area contributed by atoms with Gasteiger partial charge in [-0.3, -0.25) is 9.59 Å². The Morgan fingerprint density at radius 1 is 1.33 bits per heavy atom. The number of hydrogen-bond donors (Lipinski definition) is 1. The van der Waals surface area contributed by atoms with Gasteiger partial charge in [0.1, 0.15) is 5.75 Å². The van der Waals surface area contributed by atoms with E-state index in [1.54, 1.807) is 4.90 Å². The first-order chi connectivity index (χ1) is 12.9. The van der Waals surface area contributed by atoms with Gasteiger partial charge in [0.15, 0.2) is 6.61 Å². The number of carbonyl (C=O) groups is 2. The molecule has 1 aliphatic heterocycles. The average molecular weight is 376 g/mol. The van der Waals surface area contributed by atoms with Crippen LogP contribution in [0.15, 0.2) is 18.2 Å². The van der Waals surface area contributed by atoms with Crippen molar-refractivity contribution in [3.05, 3.63) is 23.8 Å². The first-order valence-electron chi connectivity index (χ1n) is 10.00. The van der Waals surface area contributed by atoms with Crippen LogP contribution in [0.3, 0.4) is 0 Å². The van der Waals surface area contributed by atoms with Gasteiger partial charge in [0.25, 0.3) is 5.91 Å². The standard InChI is InChI=1S/C21H33N3O3/c1-5-23(6-2)12-7-8-17(4)22-20(25)11-13-24-18-10-9-16(3)14-19(18)27-15-21(24)26/h9-10,14,17H,5-8,11-13,15H2,1-4H3,(H,22,25). The molecule has 1 atom stereocenters. The number of nitrogens with one attached hydrogen (secondary N) is 1. The van der Waals surface area contributed by atoms with Gasteiger partial charge in [-0.15, -0.1) is 0 Å². The lowest BCUT2D eigenvalue weighted by Crippen LogP contribution is -2.42. The second kappa shape index (κ2) is 10.3. The van der Waals surface area contributed by atoms with E-state index in [0.717, 1.165) is 43.7 Å². The molecule has 0 aliphatic carbocycles. The van der Waals surface area contributed by atoms with E-state index >= 15 is 0 Å². The number of amides is 2. The number of carbonyl (C=O) groups excluding carboxylic acids is 2. The fourth-order valence-electron chi connectivity index (χ4n) is 3.35. The summed E-state index contributed by atoms with van der Waals surface area (Å²) in [4.78, 5) is 28.5. The van der Waals surface area contributed by atoms with Gasteiger partial charge < -0.3 is 19.9 Å². The smallest absolute Gasteiger partial charge is 0.265 e. The van der Waals surface area contributed by atoms with Gasteiger partial charge >= 0.3 is 0 Å². The summed E-state index contributed by atoms with van der Waals surface area (Å²) in [7, 11) is 0. The third-order valence-electron chi connectivity index (χ3n) is 5.03. The van der Waals surface area contributed by atoms with Crippen LogP contribution in [0, 0.1) is 6.92 Å². The molecule has 1 aromatic carbocycles. The number of hydrogen-bond acceptors (Lipinski definition) is 4. The largest absolute Gasteiger partial charge is 0.482 e. The Morgan fingerprint density at radius 3 is 2.78 bits per heavy atom. The van der Waals surface area contributed by atoms with Crippen molar-refractivity contribution >= 4 is 17.5 Å². The van der Waals surface area contributed by atoms with Crippen LogP contribution < -0.4 is 15.0 Å². The zero-order chi connectivity index (χ0) is 19.8. The van der Waals surface area contributed by atoms with Crippen molar-refractivity contribution in [3.8, 4) is 5.75 Å². The molecule has 0 spiro atoms. The van der Waals surface area contributed by atoms with Gasteiger partial charge in [-0.2, -0.15) is 0 Å². The van der Waals surface area contributed by atoms with Gasteiger partial charge in [0.2, 0.25) is 5.91 Å². The fraction of sp³-hybridized carbons (Fsp3) is 0.619. The maximum absolute atomic E-state index is 12.3. The first-order valence-corrected chi connectivity index (χ1v) is 10.00. The van der Waals surface area contributed by atoms with Crippen molar-refractivity contribution in [1.82, 2.24) is 10.2 Å². The molecule has 2 rings (SSSR count). The molecule has 0 radical (unpaired) electrons. The summed E-state index contributed by atoms with van der Waals surface area (Å²) in [6.45, 7) is 11.9. The molecule has 0 aromatic heterocycles. The Labute approximate surface area is 162 Å². The molecular weight excluding hydrogens is 342 g/mol. The number of anilines is 1. The van der Waals surface area contributed by atoms with Crippen molar-refractivity contribution in [1.29, 1.82) is 0 Å². The lowest BCUT2D eigenvalue weighted by molar-refractivity contribution is -0.122. The Balaban J connectivity index is 1.79. The van der Waals surface area contributed by atoms with E-state index in [9.17, 15) is 9.59 Å². The lowest BCUT2D eigenvalue weighted by atomic mass is 10.1. The summed E-state index contributed by atoms with van der Waals surface area (Å²) in [5.41, 5.74) is 1.83. The molecule has 0 bridgehead atoms. The first kappa shape index (κ1) is 21.2. The molecule has 2 amide bonds. The van der Waals surface area contributed by atoms with E-state index in [1.165, 1.54) is 0 Å². The minimum Gasteiger partial charge on any atom is -0.482 e. The molecule has 1 N–H and O–H groups in total. The number of fused-ring (bicyclic) bond motifs is 1. The molecule has 6 heteroatoms. The van der Waals surface area contributed by atoms with Crippen molar-refractivity contribution in [2.45, 2.75) is 53.0 Å². The molecule has 1 heterocycles. The lowest BCUT2D eigenvalue weighted by Gasteiger charge is -2.29. The number of ether oxygens (including phenoxy) is 1. The Morgan fingerprint density at radius 2 is 2.07 bits per heavy atom. The summed E-state index contributed by atoms with van der Waals surface area (Å²) >= 11 is 0. The number of benzene rings is 1. The van der Waals surface area contributed by atoms with Crippen LogP contribution in [0.2, 0.25) is 0 Å².